The van der Waals surface area contributed by atoms with Crippen LogP contribution in [0.2, 0.25) is 0 Å². The number of hydrogen-bond donors (Lipinski definition) is 2. The SMILES string of the molecule is CCC(C)(N)C1(O)CCN(C)CC1. The van der Waals surface area contributed by atoms with Gasteiger partial charge in [0.2, 0.25) is 0 Å². The summed E-state index contributed by atoms with van der Waals surface area (Å²) in [4.78, 5) is 2.24. The molecule has 1 atom stereocenters. The Morgan fingerprint density at radius 2 is 1.92 bits per heavy atom. The molecule has 0 aliphatic carbocycles. The van der Waals surface area contributed by atoms with Crippen LogP contribution in [0.1, 0.15) is 33.1 Å². The zero-order valence-corrected chi connectivity index (χ0v) is 9.01. The van der Waals surface area contributed by atoms with Gasteiger partial charge in [-0.2, -0.15) is 0 Å². The molecule has 0 aromatic heterocycles. The van der Waals surface area contributed by atoms with Gasteiger partial charge in [0.15, 0.2) is 0 Å². The number of likely N-dealkylation sites (tertiary alicyclic amines) is 1. The van der Waals surface area contributed by atoms with Gasteiger partial charge in [-0.25, -0.2) is 0 Å². The van der Waals surface area contributed by atoms with Gasteiger partial charge >= 0.3 is 0 Å². The van der Waals surface area contributed by atoms with Gasteiger partial charge in [-0.05, 0) is 33.2 Å². The van der Waals surface area contributed by atoms with Crippen molar-refractivity contribution in [2.24, 2.45) is 5.73 Å². The molecule has 0 saturated carbocycles. The first-order valence-electron chi connectivity index (χ1n) is 5.11. The summed E-state index contributed by atoms with van der Waals surface area (Å²) in [5.74, 6) is 0. The standard InChI is InChI=1S/C10H22N2O/c1-4-9(2,11)10(13)5-7-12(3)8-6-10/h13H,4-8,11H2,1-3H3. The Morgan fingerprint density at radius 1 is 1.46 bits per heavy atom. The van der Waals surface area contributed by atoms with Crippen molar-refractivity contribution in [3.05, 3.63) is 0 Å². The van der Waals surface area contributed by atoms with Gasteiger partial charge in [-0.3, -0.25) is 0 Å². The van der Waals surface area contributed by atoms with E-state index in [-0.39, 0.29) is 0 Å². The highest BCUT2D eigenvalue weighted by atomic mass is 16.3. The molecule has 1 saturated heterocycles. The topological polar surface area (TPSA) is 49.5 Å². The van der Waals surface area contributed by atoms with E-state index in [1.54, 1.807) is 0 Å². The highest BCUT2D eigenvalue weighted by Crippen LogP contribution is 2.32. The number of rotatable bonds is 2. The Kier molecular flexibility index (Phi) is 3.00. The van der Waals surface area contributed by atoms with Crippen molar-refractivity contribution in [3.63, 3.8) is 0 Å². The molecule has 0 aromatic carbocycles. The van der Waals surface area contributed by atoms with E-state index in [0.717, 1.165) is 32.4 Å². The van der Waals surface area contributed by atoms with Crippen LogP contribution in [0.15, 0.2) is 0 Å². The zero-order chi connectivity index (χ0) is 10.1. The van der Waals surface area contributed by atoms with E-state index < -0.39 is 11.1 Å². The fraction of sp³-hybridized carbons (Fsp3) is 1.00. The average Bonchev–Trinajstić information content (AvgIpc) is 2.10. The van der Waals surface area contributed by atoms with Crippen molar-refractivity contribution in [3.8, 4) is 0 Å². The number of hydrogen-bond acceptors (Lipinski definition) is 3. The minimum absolute atomic E-state index is 0.436. The monoisotopic (exact) mass is 186 g/mol. The predicted octanol–water partition coefficient (Wildman–Crippen LogP) is 0.570. The molecule has 1 aliphatic rings. The fourth-order valence-corrected chi connectivity index (χ4v) is 1.89. The third-order valence-electron chi connectivity index (χ3n) is 3.61. The van der Waals surface area contributed by atoms with Crippen LogP contribution in [-0.2, 0) is 0 Å². The van der Waals surface area contributed by atoms with Crippen LogP contribution in [0.3, 0.4) is 0 Å². The predicted molar refractivity (Wildman–Crippen MR) is 54.6 cm³/mol. The lowest BCUT2D eigenvalue weighted by Crippen LogP contribution is -2.62. The number of nitrogens with zero attached hydrogens (tertiary/aromatic N) is 1. The summed E-state index contributed by atoms with van der Waals surface area (Å²) in [6.07, 6.45) is 2.42. The molecule has 1 heterocycles. The van der Waals surface area contributed by atoms with Gasteiger partial charge in [0.05, 0.1) is 5.60 Å². The first-order valence-corrected chi connectivity index (χ1v) is 5.11. The van der Waals surface area contributed by atoms with E-state index in [0.29, 0.717) is 0 Å². The summed E-state index contributed by atoms with van der Waals surface area (Å²) in [6, 6.07) is 0. The van der Waals surface area contributed by atoms with E-state index in [4.69, 9.17) is 5.73 Å². The maximum Gasteiger partial charge on any atom is 0.0847 e. The van der Waals surface area contributed by atoms with Gasteiger partial charge in [-0.15, -0.1) is 0 Å². The van der Waals surface area contributed by atoms with Gasteiger partial charge in [0, 0.05) is 18.6 Å². The molecule has 3 heteroatoms. The van der Waals surface area contributed by atoms with Gasteiger partial charge < -0.3 is 15.7 Å². The molecule has 13 heavy (non-hydrogen) atoms. The molecule has 0 radical (unpaired) electrons. The number of nitrogens with two attached hydrogens (primary N) is 1. The minimum Gasteiger partial charge on any atom is -0.388 e. The van der Waals surface area contributed by atoms with E-state index in [9.17, 15) is 5.11 Å². The summed E-state index contributed by atoms with van der Waals surface area (Å²) in [7, 11) is 2.08. The molecule has 0 amide bonds. The average molecular weight is 186 g/mol. The summed E-state index contributed by atoms with van der Waals surface area (Å²) < 4.78 is 0. The van der Waals surface area contributed by atoms with Crippen LogP contribution in [0.4, 0.5) is 0 Å². The number of aliphatic hydroxyl groups is 1. The van der Waals surface area contributed by atoms with E-state index in [1.807, 2.05) is 13.8 Å². The van der Waals surface area contributed by atoms with Crippen LogP contribution < -0.4 is 5.73 Å². The lowest BCUT2D eigenvalue weighted by molar-refractivity contribution is -0.0723. The quantitative estimate of drug-likeness (QED) is 0.663. The van der Waals surface area contributed by atoms with Crippen LogP contribution in [-0.4, -0.2) is 41.3 Å². The Hall–Kier alpha value is -0.120. The molecule has 3 N–H and O–H groups in total. The second-order valence-corrected chi connectivity index (χ2v) is 4.61. The van der Waals surface area contributed by atoms with Crippen molar-refractivity contribution in [1.82, 2.24) is 4.90 Å². The summed E-state index contributed by atoms with van der Waals surface area (Å²) in [5.41, 5.74) is 5.01. The third kappa shape index (κ3) is 2.03. The molecule has 3 nitrogen and oxygen atoms in total. The summed E-state index contributed by atoms with van der Waals surface area (Å²) >= 11 is 0. The normalized spacial score (nSPS) is 28.4. The van der Waals surface area contributed by atoms with Gasteiger partial charge in [0.1, 0.15) is 0 Å². The van der Waals surface area contributed by atoms with Crippen LogP contribution in [0.25, 0.3) is 0 Å². The maximum atomic E-state index is 10.4. The fourth-order valence-electron chi connectivity index (χ4n) is 1.89. The Morgan fingerprint density at radius 3 is 2.31 bits per heavy atom. The lowest BCUT2D eigenvalue weighted by atomic mass is 9.74. The van der Waals surface area contributed by atoms with Gasteiger partial charge in [-0.1, -0.05) is 6.92 Å². The maximum absolute atomic E-state index is 10.4. The smallest absolute Gasteiger partial charge is 0.0847 e. The van der Waals surface area contributed by atoms with Crippen molar-refractivity contribution >= 4 is 0 Å². The Labute approximate surface area is 80.9 Å². The summed E-state index contributed by atoms with van der Waals surface area (Å²) in [6.45, 7) is 5.89. The highest BCUT2D eigenvalue weighted by molar-refractivity contribution is 5.02. The molecule has 0 spiro atoms. The van der Waals surface area contributed by atoms with E-state index >= 15 is 0 Å². The first kappa shape index (κ1) is 11.0. The molecular formula is C10H22N2O. The second kappa shape index (κ2) is 3.56. The molecule has 78 valence electrons. The molecule has 0 aromatic rings. The molecule has 1 aliphatic heterocycles. The Bertz CT molecular complexity index is 172. The zero-order valence-electron chi connectivity index (χ0n) is 9.01. The first-order chi connectivity index (χ1) is 5.91. The molecule has 0 bridgehead atoms. The molecule has 1 rings (SSSR count). The molecule has 1 unspecified atom stereocenters. The van der Waals surface area contributed by atoms with Crippen molar-refractivity contribution in [2.75, 3.05) is 20.1 Å². The van der Waals surface area contributed by atoms with E-state index in [2.05, 4.69) is 11.9 Å². The van der Waals surface area contributed by atoms with Crippen molar-refractivity contribution in [2.45, 2.75) is 44.2 Å². The second-order valence-electron chi connectivity index (χ2n) is 4.61. The lowest BCUT2D eigenvalue weighted by Gasteiger charge is -2.46. The minimum atomic E-state index is -0.658. The van der Waals surface area contributed by atoms with Crippen LogP contribution in [0, 0.1) is 0 Å². The molecular weight excluding hydrogens is 164 g/mol. The van der Waals surface area contributed by atoms with Gasteiger partial charge in [0.25, 0.3) is 0 Å². The third-order valence-corrected chi connectivity index (χ3v) is 3.61. The highest BCUT2D eigenvalue weighted by Gasteiger charge is 2.44. The summed E-state index contributed by atoms with van der Waals surface area (Å²) in [5, 5.41) is 10.4. The largest absolute Gasteiger partial charge is 0.388 e. The van der Waals surface area contributed by atoms with Crippen molar-refractivity contribution in [1.29, 1.82) is 0 Å². The molecule has 1 fully saturated rings. The Balaban J connectivity index is 2.66. The van der Waals surface area contributed by atoms with Crippen molar-refractivity contribution < 1.29 is 5.11 Å². The van der Waals surface area contributed by atoms with Crippen LogP contribution >= 0.6 is 0 Å². The number of piperidine rings is 1. The van der Waals surface area contributed by atoms with Crippen LogP contribution in [0.5, 0.6) is 0 Å². The van der Waals surface area contributed by atoms with E-state index in [1.165, 1.54) is 0 Å².